The van der Waals surface area contributed by atoms with Crippen LogP contribution in [0, 0.1) is 0 Å². The van der Waals surface area contributed by atoms with E-state index in [2.05, 4.69) is 9.78 Å². The molecule has 0 aliphatic heterocycles. The van der Waals surface area contributed by atoms with Gasteiger partial charge >= 0.3 is 0 Å². The van der Waals surface area contributed by atoms with Crippen LogP contribution in [0.2, 0.25) is 0 Å². The summed E-state index contributed by atoms with van der Waals surface area (Å²) in [4.78, 5) is 7.04. The SMILES string of the molecule is OOC=CCOO. The lowest BCUT2D eigenvalue weighted by atomic mass is 10.7. The van der Waals surface area contributed by atoms with Crippen molar-refractivity contribution in [2.24, 2.45) is 0 Å². The standard InChI is InChI=1S/C3H6O4/c4-6-2-1-3-7-5/h1-2,4-5H,3H2. The van der Waals surface area contributed by atoms with E-state index in [9.17, 15) is 0 Å². The summed E-state index contributed by atoms with van der Waals surface area (Å²) in [5.74, 6) is 0. The van der Waals surface area contributed by atoms with E-state index in [0.29, 0.717) is 0 Å². The van der Waals surface area contributed by atoms with Gasteiger partial charge in [-0.25, -0.2) is 10.1 Å². The molecule has 0 fully saturated rings. The van der Waals surface area contributed by atoms with Crippen molar-refractivity contribution in [1.82, 2.24) is 0 Å². The maximum Gasteiger partial charge on any atom is 0.127 e. The Morgan fingerprint density at radius 1 is 1.43 bits per heavy atom. The van der Waals surface area contributed by atoms with E-state index < -0.39 is 0 Å². The van der Waals surface area contributed by atoms with Crippen molar-refractivity contribution in [3.63, 3.8) is 0 Å². The van der Waals surface area contributed by atoms with Crippen LogP contribution in [0.4, 0.5) is 0 Å². The van der Waals surface area contributed by atoms with Crippen LogP contribution >= 0.6 is 0 Å². The highest BCUT2D eigenvalue weighted by Gasteiger charge is 1.69. The Balaban J connectivity index is 2.78. The highest BCUT2D eigenvalue weighted by molar-refractivity contribution is 4.69. The predicted molar refractivity (Wildman–Crippen MR) is 21.4 cm³/mol. The Hall–Kier alpha value is -0.580. The maximum absolute atomic E-state index is 7.60. The van der Waals surface area contributed by atoms with Crippen LogP contribution in [0.3, 0.4) is 0 Å². The molecule has 0 amide bonds. The van der Waals surface area contributed by atoms with E-state index in [1.807, 2.05) is 0 Å². The minimum Gasteiger partial charge on any atom is -0.348 e. The van der Waals surface area contributed by atoms with Crippen molar-refractivity contribution in [3.05, 3.63) is 12.3 Å². The lowest BCUT2D eigenvalue weighted by Gasteiger charge is -1.82. The Morgan fingerprint density at radius 2 is 2.14 bits per heavy atom. The first kappa shape index (κ1) is 6.42. The fourth-order valence-electron chi connectivity index (χ4n) is 0.125. The first-order valence-electron chi connectivity index (χ1n) is 1.63. The molecule has 0 atom stereocenters. The van der Waals surface area contributed by atoms with E-state index >= 15 is 0 Å². The van der Waals surface area contributed by atoms with Crippen molar-refractivity contribution in [2.75, 3.05) is 6.61 Å². The third-order valence-electron chi connectivity index (χ3n) is 0.328. The largest absolute Gasteiger partial charge is 0.348 e. The van der Waals surface area contributed by atoms with Crippen LogP contribution in [-0.4, -0.2) is 17.1 Å². The van der Waals surface area contributed by atoms with Gasteiger partial charge in [-0.2, -0.15) is 0 Å². The normalized spacial score (nSPS) is 10.0. The first-order valence-corrected chi connectivity index (χ1v) is 1.63. The minimum atomic E-state index is 0.0144. The van der Waals surface area contributed by atoms with Gasteiger partial charge in [-0.1, -0.05) is 0 Å². The van der Waals surface area contributed by atoms with Crippen molar-refractivity contribution in [3.8, 4) is 0 Å². The molecule has 4 heteroatoms. The molecule has 0 heterocycles. The van der Waals surface area contributed by atoms with Crippen molar-refractivity contribution >= 4 is 0 Å². The maximum atomic E-state index is 7.60. The summed E-state index contributed by atoms with van der Waals surface area (Å²) < 4.78 is 0. The third-order valence-corrected chi connectivity index (χ3v) is 0.328. The molecule has 0 aliphatic rings. The third kappa shape index (κ3) is 5.42. The lowest BCUT2D eigenvalue weighted by molar-refractivity contribution is -0.233. The molecule has 0 aromatic carbocycles. The summed E-state index contributed by atoms with van der Waals surface area (Å²) >= 11 is 0. The van der Waals surface area contributed by atoms with Crippen LogP contribution < -0.4 is 0 Å². The van der Waals surface area contributed by atoms with Crippen LogP contribution in [-0.2, 0) is 9.78 Å². The van der Waals surface area contributed by atoms with Crippen molar-refractivity contribution in [2.45, 2.75) is 0 Å². The number of hydrogen-bond donors (Lipinski definition) is 2. The second kappa shape index (κ2) is 5.42. The van der Waals surface area contributed by atoms with E-state index in [4.69, 9.17) is 10.5 Å². The summed E-state index contributed by atoms with van der Waals surface area (Å²) in [6, 6.07) is 0. The second-order valence-corrected chi connectivity index (χ2v) is 0.773. The first-order chi connectivity index (χ1) is 3.41. The second-order valence-electron chi connectivity index (χ2n) is 0.773. The van der Waals surface area contributed by atoms with Gasteiger partial charge in [0.15, 0.2) is 0 Å². The quantitative estimate of drug-likeness (QED) is 0.312. The highest BCUT2D eigenvalue weighted by atomic mass is 17.1. The summed E-state index contributed by atoms with van der Waals surface area (Å²) in [5, 5.41) is 15.2. The zero-order valence-corrected chi connectivity index (χ0v) is 3.57. The highest BCUT2D eigenvalue weighted by Crippen LogP contribution is 1.71. The minimum absolute atomic E-state index is 0.0144. The molecule has 4 nitrogen and oxygen atoms in total. The topological polar surface area (TPSA) is 58.9 Å². The smallest absolute Gasteiger partial charge is 0.127 e. The van der Waals surface area contributed by atoms with Crippen molar-refractivity contribution in [1.29, 1.82) is 0 Å². The van der Waals surface area contributed by atoms with Gasteiger partial charge in [-0.3, -0.25) is 5.26 Å². The number of hydrogen-bond acceptors (Lipinski definition) is 4. The molecule has 0 aliphatic carbocycles. The van der Waals surface area contributed by atoms with Gasteiger partial charge in [0.1, 0.15) is 12.9 Å². The van der Waals surface area contributed by atoms with Gasteiger partial charge in [0.2, 0.25) is 0 Å². The van der Waals surface area contributed by atoms with Crippen LogP contribution in [0.25, 0.3) is 0 Å². The summed E-state index contributed by atoms with van der Waals surface area (Å²) in [7, 11) is 0. The Labute approximate surface area is 40.5 Å². The van der Waals surface area contributed by atoms with Crippen LogP contribution in [0.5, 0.6) is 0 Å². The summed E-state index contributed by atoms with van der Waals surface area (Å²) in [5.41, 5.74) is 0. The fourth-order valence-corrected chi connectivity index (χ4v) is 0.125. The Morgan fingerprint density at radius 3 is 2.57 bits per heavy atom. The monoisotopic (exact) mass is 106 g/mol. The molecule has 2 N–H and O–H groups in total. The lowest BCUT2D eigenvalue weighted by Crippen LogP contribution is -1.81. The average molecular weight is 106 g/mol. The molecule has 0 bridgehead atoms. The molecule has 0 saturated heterocycles. The molecule has 0 saturated carbocycles. The zero-order valence-electron chi connectivity index (χ0n) is 3.57. The molecular weight excluding hydrogens is 100 g/mol. The number of rotatable bonds is 3. The van der Waals surface area contributed by atoms with Gasteiger partial charge in [-0.15, -0.1) is 0 Å². The van der Waals surface area contributed by atoms with Gasteiger partial charge in [0.05, 0.1) is 0 Å². The molecule has 42 valence electrons. The van der Waals surface area contributed by atoms with Gasteiger partial charge in [0.25, 0.3) is 0 Å². The van der Waals surface area contributed by atoms with E-state index in [1.54, 1.807) is 0 Å². The van der Waals surface area contributed by atoms with Crippen LogP contribution in [0.15, 0.2) is 12.3 Å². The van der Waals surface area contributed by atoms with Crippen LogP contribution in [0.1, 0.15) is 0 Å². The zero-order chi connectivity index (χ0) is 5.54. The van der Waals surface area contributed by atoms with E-state index in [0.717, 1.165) is 6.26 Å². The van der Waals surface area contributed by atoms with E-state index in [1.165, 1.54) is 6.08 Å². The molecule has 0 radical (unpaired) electrons. The van der Waals surface area contributed by atoms with Crippen molar-refractivity contribution < 1.29 is 20.3 Å². The summed E-state index contributed by atoms with van der Waals surface area (Å²) in [6.07, 6.45) is 2.27. The fraction of sp³-hybridized carbons (Fsp3) is 0.333. The molecule has 0 unspecified atom stereocenters. The van der Waals surface area contributed by atoms with Gasteiger partial charge in [-0.05, 0) is 6.08 Å². The molecule has 0 aromatic rings. The predicted octanol–water partition coefficient (Wildman–Crippen LogP) is 0.479. The molecule has 0 rings (SSSR count). The summed E-state index contributed by atoms with van der Waals surface area (Å²) in [6.45, 7) is 0.0144. The average Bonchev–Trinajstić information content (AvgIpc) is 1.69. The Kier molecular flexibility index (Phi) is 4.97. The van der Waals surface area contributed by atoms with Gasteiger partial charge < -0.3 is 4.89 Å². The molecule has 7 heavy (non-hydrogen) atoms. The Bertz CT molecular complexity index is 50.9. The van der Waals surface area contributed by atoms with E-state index in [-0.39, 0.29) is 6.61 Å². The molecular formula is C3H6O4. The molecule has 0 spiro atoms. The molecule has 0 aromatic heterocycles. The van der Waals surface area contributed by atoms with Gasteiger partial charge in [0, 0.05) is 0 Å².